The number of aromatic amines is 1. The van der Waals surface area contributed by atoms with Crippen molar-refractivity contribution in [3.8, 4) is 11.5 Å². The Labute approximate surface area is 202 Å². The van der Waals surface area contributed by atoms with Crippen LogP contribution in [0.4, 0.5) is 13.8 Å². The fourth-order valence-corrected chi connectivity index (χ4v) is 5.35. The van der Waals surface area contributed by atoms with Crippen LogP contribution < -0.4 is 4.90 Å². The molecule has 5 heterocycles. The minimum absolute atomic E-state index is 0.00131. The number of aromatic nitrogens is 6. The van der Waals surface area contributed by atoms with Crippen molar-refractivity contribution < 1.29 is 13.6 Å². The number of halogens is 2. The van der Waals surface area contributed by atoms with Crippen LogP contribution >= 0.6 is 11.3 Å². The molecule has 1 saturated heterocycles. The first-order valence-corrected chi connectivity index (χ1v) is 12.0. The lowest BCUT2D eigenvalue weighted by atomic mass is 10.2. The van der Waals surface area contributed by atoms with Gasteiger partial charge < -0.3 is 19.4 Å². The van der Waals surface area contributed by atoms with Crippen LogP contribution in [-0.2, 0) is 11.3 Å². The molecule has 9 nitrogen and oxygen atoms in total. The Morgan fingerprint density at radius 3 is 2.94 bits per heavy atom. The van der Waals surface area contributed by atoms with E-state index in [1.165, 1.54) is 17.4 Å². The molecule has 35 heavy (non-hydrogen) atoms. The first-order valence-electron chi connectivity index (χ1n) is 11.1. The molecule has 178 valence electrons. The number of nitrogens with one attached hydrogen (secondary N) is 1. The number of hydrogen-bond donors (Lipinski definition) is 1. The number of piperazine rings is 1. The van der Waals surface area contributed by atoms with E-state index in [0.29, 0.717) is 42.3 Å². The molecule has 12 heteroatoms. The number of carbonyl (C=O) groups excluding carboxylic acids is 1. The van der Waals surface area contributed by atoms with Crippen LogP contribution in [0.1, 0.15) is 6.92 Å². The number of imidazole rings is 2. The number of fused-ring (bicyclic) bond motifs is 2. The van der Waals surface area contributed by atoms with Gasteiger partial charge in [-0.05, 0) is 31.2 Å². The highest BCUT2D eigenvalue weighted by molar-refractivity contribution is 7.14. The number of rotatable bonds is 4. The van der Waals surface area contributed by atoms with Gasteiger partial charge in [0.15, 0.2) is 23.1 Å². The van der Waals surface area contributed by atoms with Crippen LogP contribution in [0.25, 0.3) is 33.7 Å². The molecule has 1 aliphatic heterocycles. The Hall–Kier alpha value is -3.93. The fourth-order valence-electron chi connectivity index (χ4n) is 4.52. The summed E-state index contributed by atoms with van der Waals surface area (Å²) < 4.78 is 29.6. The van der Waals surface area contributed by atoms with Crippen molar-refractivity contribution in [3.05, 3.63) is 53.9 Å². The van der Waals surface area contributed by atoms with Crippen molar-refractivity contribution in [1.82, 2.24) is 34.4 Å². The summed E-state index contributed by atoms with van der Waals surface area (Å²) in [6.07, 6.45) is 3.33. The summed E-state index contributed by atoms with van der Waals surface area (Å²) in [5, 5.41) is 0.869. The lowest BCUT2D eigenvalue weighted by Crippen LogP contribution is -2.54. The van der Waals surface area contributed by atoms with Gasteiger partial charge in [0.05, 0.1) is 17.4 Å². The van der Waals surface area contributed by atoms with Crippen LogP contribution in [0.5, 0.6) is 0 Å². The van der Waals surface area contributed by atoms with Crippen LogP contribution in [0.2, 0.25) is 0 Å². The quantitative estimate of drug-likeness (QED) is 0.411. The first-order chi connectivity index (χ1) is 17.0. The third-order valence-corrected chi connectivity index (χ3v) is 7.12. The van der Waals surface area contributed by atoms with E-state index < -0.39 is 11.6 Å². The van der Waals surface area contributed by atoms with E-state index in [-0.39, 0.29) is 24.0 Å². The molecule has 1 aliphatic rings. The molecule has 0 spiro atoms. The van der Waals surface area contributed by atoms with Gasteiger partial charge >= 0.3 is 0 Å². The largest absolute Gasteiger partial charge is 0.358 e. The molecule has 1 aromatic carbocycles. The van der Waals surface area contributed by atoms with Crippen molar-refractivity contribution in [3.63, 3.8) is 0 Å². The molecular formula is C23H20F2N8OS. The minimum Gasteiger partial charge on any atom is -0.358 e. The van der Waals surface area contributed by atoms with Crippen LogP contribution in [-0.4, -0.2) is 66.0 Å². The maximum atomic E-state index is 14.2. The summed E-state index contributed by atoms with van der Waals surface area (Å²) >= 11 is 1.45. The number of thiazole rings is 1. The van der Waals surface area contributed by atoms with Gasteiger partial charge in [-0.2, -0.15) is 0 Å². The Morgan fingerprint density at radius 1 is 1.20 bits per heavy atom. The summed E-state index contributed by atoms with van der Waals surface area (Å²) in [5.41, 5.74) is 4.07. The van der Waals surface area contributed by atoms with E-state index in [0.717, 1.165) is 16.6 Å². The molecule has 6 rings (SSSR count). The molecule has 0 unspecified atom stereocenters. The zero-order valence-corrected chi connectivity index (χ0v) is 19.5. The summed E-state index contributed by atoms with van der Waals surface area (Å²) in [4.78, 5) is 37.5. The van der Waals surface area contributed by atoms with Gasteiger partial charge in [0.25, 0.3) is 0 Å². The molecule has 0 radical (unpaired) electrons. The van der Waals surface area contributed by atoms with E-state index in [4.69, 9.17) is 0 Å². The Balaban J connectivity index is 1.20. The molecule has 5 aromatic rings. The molecule has 1 amide bonds. The van der Waals surface area contributed by atoms with Crippen molar-refractivity contribution in [1.29, 1.82) is 0 Å². The lowest BCUT2D eigenvalue weighted by molar-refractivity contribution is -0.134. The number of carbonyl (C=O) groups is 1. The predicted octanol–water partition coefficient (Wildman–Crippen LogP) is 3.45. The van der Waals surface area contributed by atoms with Crippen molar-refractivity contribution >= 4 is 44.4 Å². The lowest BCUT2D eigenvalue weighted by Gasteiger charge is -2.40. The molecule has 0 aliphatic carbocycles. The highest BCUT2D eigenvalue weighted by Gasteiger charge is 2.30. The maximum absolute atomic E-state index is 14.2. The third kappa shape index (κ3) is 3.70. The third-order valence-electron chi connectivity index (χ3n) is 6.23. The molecule has 1 fully saturated rings. The number of hydrogen-bond acceptors (Lipinski definition) is 7. The Bertz CT molecular complexity index is 1560. The van der Waals surface area contributed by atoms with E-state index in [9.17, 15) is 13.6 Å². The van der Waals surface area contributed by atoms with E-state index in [1.54, 1.807) is 22.6 Å². The van der Waals surface area contributed by atoms with Gasteiger partial charge in [0.1, 0.15) is 28.3 Å². The van der Waals surface area contributed by atoms with Crippen molar-refractivity contribution in [2.45, 2.75) is 19.5 Å². The van der Waals surface area contributed by atoms with Gasteiger partial charge in [0.2, 0.25) is 5.91 Å². The number of anilines is 1. The van der Waals surface area contributed by atoms with Crippen molar-refractivity contribution in [2.24, 2.45) is 0 Å². The minimum atomic E-state index is -0.983. The smallest absolute Gasteiger partial charge is 0.242 e. The summed E-state index contributed by atoms with van der Waals surface area (Å²) in [6.45, 7) is 3.93. The van der Waals surface area contributed by atoms with Crippen LogP contribution in [0, 0.1) is 11.6 Å². The molecule has 0 bridgehead atoms. The van der Waals surface area contributed by atoms with Crippen molar-refractivity contribution in [2.75, 3.05) is 24.5 Å². The van der Waals surface area contributed by atoms with Gasteiger partial charge in [0, 0.05) is 31.9 Å². The van der Waals surface area contributed by atoms with E-state index >= 15 is 0 Å². The summed E-state index contributed by atoms with van der Waals surface area (Å²) in [6, 6.07) is 6.17. The van der Waals surface area contributed by atoms with Crippen LogP contribution in [0.15, 0.2) is 42.3 Å². The fraction of sp³-hybridized carbons (Fsp3) is 0.261. The second-order valence-electron chi connectivity index (χ2n) is 8.45. The molecule has 1 atom stereocenters. The monoisotopic (exact) mass is 494 g/mol. The van der Waals surface area contributed by atoms with Gasteiger partial charge in [-0.3, -0.25) is 4.79 Å². The Morgan fingerprint density at radius 2 is 2.09 bits per heavy atom. The standard InChI is InChI=1S/C23H20F2N8OS/c1-13-9-31(7-8-33(13)17(34)10-32-11-27-16-3-2-6-26-22(16)32)23-20(28-12-35-23)21-29-15-5-4-14(24)18(25)19(15)30-21/h2-6,11-13H,7-10H2,1H3,(H,29,30)/t13-/m1/s1. The summed E-state index contributed by atoms with van der Waals surface area (Å²) in [7, 11) is 0. The van der Waals surface area contributed by atoms with E-state index in [1.807, 2.05) is 24.0 Å². The maximum Gasteiger partial charge on any atom is 0.242 e. The van der Waals surface area contributed by atoms with Gasteiger partial charge in [-0.1, -0.05) is 0 Å². The number of benzene rings is 1. The molecule has 0 saturated carbocycles. The Kier molecular flexibility index (Phi) is 5.17. The average molecular weight is 495 g/mol. The second-order valence-corrected chi connectivity index (χ2v) is 9.28. The highest BCUT2D eigenvalue weighted by atomic mass is 32.1. The van der Waals surface area contributed by atoms with Gasteiger partial charge in [-0.25, -0.2) is 28.7 Å². The molecule has 4 aromatic heterocycles. The predicted molar refractivity (Wildman–Crippen MR) is 128 cm³/mol. The van der Waals surface area contributed by atoms with E-state index in [2.05, 4.69) is 29.8 Å². The number of pyridine rings is 1. The number of nitrogens with zero attached hydrogens (tertiary/aromatic N) is 7. The normalized spacial score (nSPS) is 16.5. The zero-order valence-electron chi connectivity index (χ0n) is 18.7. The second kappa shape index (κ2) is 8.38. The first kappa shape index (κ1) is 21.6. The summed E-state index contributed by atoms with van der Waals surface area (Å²) in [5.74, 6) is -1.54. The highest BCUT2D eigenvalue weighted by Crippen LogP contribution is 2.35. The average Bonchev–Trinajstić information content (AvgIpc) is 3.60. The van der Waals surface area contributed by atoms with Gasteiger partial charge in [-0.15, -0.1) is 11.3 Å². The van der Waals surface area contributed by atoms with Crippen LogP contribution in [0.3, 0.4) is 0 Å². The number of amides is 1. The number of H-pyrrole nitrogens is 1. The zero-order chi connectivity index (χ0) is 24.1. The SMILES string of the molecule is C[C@@H]1CN(c2scnc2-c2nc3c(F)c(F)ccc3[nH]2)CCN1C(=O)Cn1cnc2cccnc21. The molecule has 1 N–H and O–H groups in total. The topological polar surface area (TPSA) is 95.8 Å². The molecular weight excluding hydrogens is 474 g/mol.